The number of aromatic amines is 1. The van der Waals surface area contributed by atoms with Gasteiger partial charge >= 0.3 is 11.7 Å². The third-order valence-electron chi connectivity index (χ3n) is 4.59. The van der Waals surface area contributed by atoms with Gasteiger partial charge in [0.25, 0.3) is 5.56 Å². The molecule has 1 amide bonds. The molecule has 150 valence electrons. The number of hydrogen-bond acceptors (Lipinski definition) is 6. The Morgan fingerprint density at radius 3 is 2.82 bits per heavy atom. The second-order valence-corrected chi connectivity index (χ2v) is 6.79. The highest BCUT2D eigenvalue weighted by Gasteiger charge is 2.26. The summed E-state index contributed by atoms with van der Waals surface area (Å²) in [6.45, 7) is 0.778. The average molecular weight is 390 g/mol. The minimum absolute atomic E-state index is 0.129. The molecule has 1 fully saturated rings. The third-order valence-corrected chi connectivity index (χ3v) is 4.59. The summed E-state index contributed by atoms with van der Waals surface area (Å²) in [6, 6.07) is 6.62. The second kappa shape index (κ2) is 8.36. The molecule has 0 bridgehead atoms. The zero-order valence-electron chi connectivity index (χ0n) is 15.5. The van der Waals surface area contributed by atoms with E-state index in [-0.39, 0.29) is 31.6 Å². The molecule has 10 nitrogen and oxygen atoms in total. The highest BCUT2D eigenvalue weighted by Crippen LogP contribution is 2.08. The Kier molecular flexibility index (Phi) is 5.90. The van der Waals surface area contributed by atoms with Gasteiger partial charge in [-0.1, -0.05) is 12.1 Å². The van der Waals surface area contributed by atoms with Crippen LogP contribution in [0.3, 0.4) is 0 Å². The fourth-order valence-corrected chi connectivity index (χ4v) is 3.28. The normalized spacial score (nSPS) is 17.2. The minimum Gasteiger partial charge on any atom is -0.480 e. The molecule has 0 saturated carbocycles. The molecule has 3 rings (SSSR count). The van der Waals surface area contributed by atoms with Gasteiger partial charge in [0.15, 0.2) is 0 Å². The number of benzene rings is 1. The molecule has 1 aliphatic rings. The maximum Gasteiger partial charge on any atom is 0.329 e. The molecule has 2 heterocycles. The number of fused-ring (bicyclic) bond motifs is 1. The molecule has 1 atom stereocenters. The number of amides is 1. The summed E-state index contributed by atoms with van der Waals surface area (Å²) in [6.07, 6.45) is -0.339. The highest BCUT2D eigenvalue weighted by atomic mass is 16.5. The number of nitrogens with zero attached hydrogens (tertiary/aromatic N) is 3. The molecule has 2 N–H and O–H groups in total. The molecule has 2 aromatic rings. The third kappa shape index (κ3) is 4.46. The maximum absolute atomic E-state index is 12.7. The zero-order valence-corrected chi connectivity index (χ0v) is 15.5. The number of carboxylic acids is 1. The van der Waals surface area contributed by atoms with Crippen LogP contribution in [0.15, 0.2) is 33.9 Å². The Labute approximate surface area is 159 Å². The van der Waals surface area contributed by atoms with Crippen molar-refractivity contribution in [2.75, 3.05) is 39.8 Å². The van der Waals surface area contributed by atoms with Crippen LogP contribution in [-0.4, -0.2) is 82.3 Å². The van der Waals surface area contributed by atoms with Crippen LogP contribution in [-0.2, 0) is 20.9 Å². The summed E-state index contributed by atoms with van der Waals surface area (Å²) in [5, 5.41) is 9.17. The van der Waals surface area contributed by atoms with Crippen molar-refractivity contribution in [3.8, 4) is 0 Å². The first kappa shape index (κ1) is 19.8. The topological polar surface area (TPSA) is 125 Å². The molecule has 10 heteroatoms. The molecule has 0 aliphatic carbocycles. The number of ether oxygens (including phenoxy) is 1. The Morgan fingerprint density at radius 1 is 1.32 bits per heavy atom. The number of likely N-dealkylation sites (N-methyl/N-ethyl adjacent to an activating group) is 1. The van der Waals surface area contributed by atoms with Gasteiger partial charge in [0.1, 0.15) is 6.54 Å². The first-order valence-corrected chi connectivity index (χ1v) is 8.86. The lowest BCUT2D eigenvalue weighted by Gasteiger charge is -2.34. The van der Waals surface area contributed by atoms with E-state index >= 15 is 0 Å². The number of rotatable bonds is 6. The Balaban J connectivity index is 1.71. The van der Waals surface area contributed by atoms with E-state index < -0.39 is 17.2 Å². The molecule has 1 saturated heterocycles. The lowest BCUT2D eigenvalue weighted by atomic mass is 10.2. The van der Waals surface area contributed by atoms with E-state index in [1.807, 2.05) is 0 Å². The van der Waals surface area contributed by atoms with Crippen molar-refractivity contribution < 1.29 is 19.4 Å². The van der Waals surface area contributed by atoms with Crippen molar-refractivity contribution in [2.45, 2.75) is 12.6 Å². The largest absolute Gasteiger partial charge is 0.480 e. The lowest BCUT2D eigenvalue weighted by molar-refractivity contribution is -0.142. The maximum atomic E-state index is 12.7. The van der Waals surface area contributed by atoms with Crippen LogP contribution >= 0.6 is 0 Å². The molecule has 0 spiro atoms. The predicted octanol–water partition coefficient (Wildman–Crippen LogP) is -1.07. The standard InChI is InChI=1S/C18H22N4O6/c1-20(11-16(24)25)8-12-9-21(6-7-28-12)15(23)10-22-17(26)13-4-2-3-5-14(13)19-18(22)27/h2-5,12H,6-11H2,1H3,(H,19,27)(H,24,25). The summed E-state index contributed by atoms with van der Waals surface area (Å²) in [5.41, 5.74) is -0.726. The van der Waals surface area contributed by atoms with Crippen LogP contribution in [0, 0.1) is 0 Å². The van der Waals surface area contributed by atoms with Crippen molar-refractivity contribution in [1.82, 2.24) is 19.4 Å². The van der Waals surface area contributed by atoms with Crippen molar-refractivity contribution in [2.24, 2.45) is 0 Å². The first-order chi connectivity index (χ1) is 13.3. The van der Waals surface area contributed by atoms with Gasteiger partial charge in [-0.3, -0.25) is 23.9 Å². The van der Waals surface area contributed by atoms with E-state index in [4.69, 9.17) is 9.84 Å². The Hall–Kier alpha value is -2.98. The van der Waals surface area contributed by atoms with Crippen LogP contribution < -0.4 is 11.2 Å². The molecule has 1 aromatic heterocycles. The predicted molar refractivity (Wildman–Crippen MR) is 100 cm³/mol. The van der Waals surface area contributed by atoms with Crippen LogP contribution in [0.2, 0.25) is 0 Å². The number of para-hydroxylation sites is 1. The van der Waals surface area contributed by atoms with Gasteiger partial charge < -0.3 is 19.7 Å². The number of carboxylic acid groups (broad SMARTS) is 1. The lowest BCUT2D eigenvalue weighted by Crippen LogP contribution is -2.51. The van der Waals surface area contributed by atoms with Gasteiger partial charge in [0.2, 0.25) is 5.91 Å². The minimum atomic E-state index is -0.943. The molecule has 1 unspecified atom stereocenters. The molecular weight excluding hydrogens is 368 g/mol. The van der Waals surface area contributed by atoms with Crippen molar-refractivity contribution in [1.29, 1.82) is 0 Å². The van der Waals surface area contributed by atoms with Gasteiger partial charge in [-0.15, -0.1) is 0 Å². The second-order valence-electron chi connectivity index (χ2n) is 6.79. The van der Waals surface area contributed by atoms with E-state index in [1.54, 1.807) is 36.2 Å². The van der Waals surface area contributed by atoms with Gasteiger partial charge in [-0.05, 0) is 19.2 Å². The van der Waals surface area contributed by atoms with Crippen LogP contribution in [0.25, 0.3) is 10.9 Å². The average Bonchev–Trinajstić information content (AvgIpc) is 2.64. The van der Waals surface area contributed by atoms with Gasteiger partial charge in [0, 0.05) is 19.6 Å². The number of aliphatic carboxylic acids is 1. The molecule has 1 aromatic carbocycles. The van der Waals surface area contributed by atoms with E-state index in [0.29, 0.717) is 30.6 Å². The highest BCUT2D eigenvalue weighted by molar-refractivity contribution is 5.79. The van der Waals surface area contributed by atoms with Crippen LogP contribution in [0.4, 0.5) is 0 Å². The summed E-state index contributed by atoms with van der Waals surface area (Å²) < 4.78 is 6.50. The Morgan fingerprint density at radius 2 is 2.07 bits per heavy atom. The number of aromatic nitrogens is 2. The SMILES string of the molecule is CN(CC(=O)O)CC1CN(C(=O)Cn2c(=O)[nH]c3ccccc3c2=O)CCO1. The van der Waals surface area contributed by atoms with Crippen LogP contribution in [0.1, 0.15) is 0 Å². The number of hydrogen-bond donors (Lipinski definition) is 2. The quantitative estimate of drug-likeness (QED) is 0.644. The fourth-order valence-electron chi connectivity index (χ4n) is 3.28. The molecule has 1 aliphatic heterocycles. The monoisotopic (exact) mass is 390 g/mol. The van der Waals surface area contributed by atoms with E-state index in [0.717, 1.165) is 4.57 Å². The zero-order chi connectivity index (χ0) is 20.3. The van der Waals surface area contributed by atoms with E-state index in [2.05, 4.69) is 4.98 Å². The van der Waals surface area contributed by atoms with Crippen molar-refractivity contribution in [3.63, 3.8) is 0 Å². The molecular formula is C18H22N4O6. The van der Waals surface area contributed by atoms with Gasteiger partial charge in [-0.25, -0.2) is 4.79 Å². The van der Waals surface area contributed by atoms with Gasteiger partial charge in [0.05, 0.1) is 30.2 Å². The summed E-state index contributed by atoms with van der Waals surface area (Å²) in [5.74, 6) is -1.31. The summed E-state index contributed by atoms with van der Waals surface area (Å²) in [7, 11) is 1.66. The number of H-pyrrole nitrogens is 1. The van der Waals surface area contributed by atoms with Crippen molar-refractivity contribution >= 4 is 22.8 Å². The summed E-state index contributed by atoms with van der Waals surface area (Å²) >= 11 is 0. The van der Waals surface area contributed by atoms with Crippen LogP contribution in [0.5, 0.6) is 0 Å². The first-order valence-electron chi connectivity index (χ1n) is 8.86. The summed E-state index contributed by atoms with van der Waals surface area (Å²) in [4.78, 5) is 54.0. The fraction of sp³-hybridized carbons (Fsp3) is 0.444. The van der Waals surface area contributed by atoms with E-state index in [9.17, 15) is 19.2 Å². The Bertz CT molecular complexity index is 997. The molecule has 0 radical (unpaired) electrons. The van der Waals surface area contributed by atoms with Crippen molar-refractivity contribution in [3.05, 3.63) is 45.1 Å². The smallest absolute Gasteiger partial charge is 0.329 e. The number of nitrogens with one attached hydrogen (secondary N) is 1. The number of carbonyl (C=O) groups is 2. The number of carbonyl (C=O) groups excluding carboxylic acids is 1. The number of morpholine rings is 1. The van der Waals surface area contributed by atoms with E-state index in [1.165, 1.54) is 4.90 Å². The molecule has 28 heavy (non-hydrogen) atoms. The van der Waals surface area contributed by atoms with Gasteiger partial charge in [-0.2, -0.15) is 0 Å².